The molecule has 0 aliphatic carbocycles. The molecule has 0 saturated heterocycles. The minimum atomic E-state index is -1.24. The van der Waals surface area contributed by atoms with Crippen LogP contribution >= 0.6 is 11.6 Å². The van der Waals surface area contributed by atoms with E-state index >= 15 is 0 Å². The monoisotopic (exact) mass is 422 g/mol. The number of aliphatic hydroxyl groups is 1. The van der Waals surface area contributed by atoms with Crippen molar-refractivity contribution in [3.63, 3.8) is 0 Å². The van der Waals surface area contributed by atoms with E-state index in [1.807, 2.05) is 0 Å². The van der Waals surface area contributed by atoms with Gasteiger partial charge in [-0.25, -0.2) is 8.78 Å². The fourth-order valence-electron chi connectivity index (χ4n) is 2.75. The Kier molecular flexibility index (Phi) is 5.90. The van der Waals surface area contributed by atoms with Crippen LogP contribution in [0.25, 0.3) is 22.5 Å². The highest BCUT2D eigenvalue weighted by molar-refractivity contribution is 6.31. The highest BCUT2D eigenvalue weighted by Gasteiger charge is 2.22. The number of hydrogen-bond donors (Lipinski definition) is 2. The van der Waals surface area contributed by atoms with Gasteiger partial charge in [-0.3, -0.25) is 9.78 Å². The maximum absolute atomic E-state index is 14.7. The number of aromatic nitrogens is 3. The van der Waals surface area contributed by atoms with Gasteiger partial charge in [0.2, 0.25) is 17.6 Å². The number of nitrogens with one attached hydrogen (secondary N) is 1. The average molecular weight is 423 g/mol. The molecule has 0 saturated carbocycles. The molecule has 2 heterocycles. The third kappa shape index (κ3) is 4.41. The van der Waals surface area contributed by atoms with E-state index in [9.17, 15) is 18.7 Å². The predicted molar refractivity (Wildman–Crippen MR) is 101 cm³/mol. The normalized spacial score (nSPS) is 13.2. The third-order valence-electron chi connectivity index (χ3n) is 4.14. The molecule has 2 aromatic heterocycles. The summed E-state index contributed by atoms with van der Waals surface area (Å²) in [4.78, 5) is 19.7. The number of aliphatic hydroxyl groups excluding tert-OH is 1. The van der Waals surface area contributed by atoms with Gasteiger partial charge in [-0.15, -0.1) is 0 Å². The molecule has 0 bridgehead atoms. The second kappa shape index (κ2) is 8.22. The van der Waals surface area contributed by atoms with E-state index in [0.717, 1.165) is 12.1 Å². The molecule has 2 unspecified atom stereocenters. The summed E-state index contributed by atoms with van der Waals surface area (Å²) in [5, 5.41) is 15.6. The Morgan fingerprint density at radius 1 is 1.24 bits per heavy atom. The smallest absolute Gasteiger partial charge is 0.249 e. The minimum absolute atomic E-state index is 0.00402. The van der Waals surface area contributed by atoms with Gasteiger partial charge in [-0.1, -0.05) is 16.8 Å². The second-order valence-electron chi connectivity index (χ2n) is 6.44. The summed E-state index contributed by atoms with van der Waals surface area (Å²) in [7, 11) is 0. The molecular weight excluding hydrogens is 406 g/mol. The van der Waals surface area contributed by atoms with Gasteiger partial charge in [0.1, 0.15) is 17.7 Å². The van der Waals surface area contributed by atoms with E-state index in [1.54, 1.807) is 6.92 Å². The molecule has 3 aromatic rings. The van der Waals surface area contributed by atoms with Crippen LogP contribution in [-0.2, 0) is 4.79 Å². The molecule has 1 aromatic carbocycles. The van der Waals surface area contributed by atoms with Crippen LogP contribution in [0.5, 0.6) is 0 Å². The number of rotatable bonds is 5. The average Bonchev–Trinajstić information content (AvgIpc) is 3.06. The summed E-state index contributed by atoms with van der Waals surface area (Å²) in [5.74, 6) is -1.85. The maximum atomic E-state index is 14.7. The second-order valence-corrected chi connectivity index (χ2v) is 6.88. The van der Waals surface area contributed by atoms with Crippen molar-refractivity contribution in [2.24, 2.45) is 0 Å². The molecular formula is C19H17ClF2N4O3. The molecule has 1 amide bonds. The van der Waals surface area contributed by atoms with E-state index in [-0.39, 0.29) is 39.1 Å². The lowest BCUT2D eigenvalue weighted by atomic mass is 9.99. The lowest BCUT2D eigenvalue weighted by Crippen LogP contribution is -2.35. The Bertz CT molecular complexity index is 1070. The zero-order valence-electron chi connectivity index (χ0n) is 15.7. The molecule has 2 N–H and O–H groups in total. The van der Waals surface area contributed by atoms with Crippen LogP contribution in [0.1, 0.15) is 31.5 Å². The van der Waals surface area contributed by atoms with Crippen LogP contribution in [0.15, 0.2) is 28.9 Å². The van der Waals surface area contributed by atoms with E-state index in [1.165, 1.54) is 26.1 Å². The van der Waals surface area contributed by atoms with Crippen molar-refractivity contribution in [1.82, 2.24) is 20.4 Å². The third-order valence-corrected chi connectivity index (χ3v) is 4.35. The van der Waals surface area contributed by atoms with Crippen molar-refractivity contribution in [3.05, 3.63) is 52.6 Å². The van der Waals surface area contributed by atoms with Gasteiger partial charge in [0, 0.05) is 23.7 Å². The Balaban J connectivity index is 2.04. The van der Waals surface area contributed by atoms with Crippen LogP contribution in [-0.4, -0.2) is 32.2 Å². The molecule has 29 heavy (non-hydrogen) atoms. The van der Waals surface area contributed by atoms with Crippen LogP contribution < -0.4 is 5.32 Å². The van der Waals surface area contributed by atoms with E-state index < -0.39 is 29.7 Å². The highest BCUT2D eigenvalue weighted by Crippen LogP contribution is 2.36. The van der Waals surface area contributed by atoms with E-state index in [4.69, 9.17) is 16.1 Å². The van der Waals surface area contributed by atoms with Gasteiger partial charge in [0.15, 0.2) is 0 Å². The summed E-state index contributed by atoms with van der Waals surface area (Å²) in [6, 6.07) is 2.90. The minimum Gasteiger partial charge on any atom is -0.384 e. The Labute approximate surface area is 169 Å². The maximum Gasteiger partial charge on any atom is 0.249 e. The van der Waals surface area contributed by atoms with E-state index in [2.05, 4.69) is 20.4 Å². The van der Waals surface area contributed by atoms with Gasteiger partial charge < -0.3 is 14.9 Å². The number of hydrogen-bond acceptors (Lipinski definition) is 6. The van der Waals surface area contributed by atoms with Gasteiger partial charge >= 0.3 is 0 Å². The molecule has 0 aliphatic rings. The summed E-state index contributed by atoms with van der Waals surface area (Å²) >= 11 is 5.98. The zero-order chi connectivity index (χ0) is 21.3. The topological polar surface area (TPSA) is 101 Å². The number of nitrogens with zero attached hydrogens (tertiary/aromatic N) is 3. The lowest BCUT2D eigenvalue weighted by molar-refractivity contribution is -0.129. The highest BCUT2D eigenvalue weighted by atomic mass is 35.5. The van der Waals surface area contributed by atoms with Gasteiger partial charge in [0.05, 0.1) is 17.3 Å². The quantitative estimate of drug-likeness (QED) is 0.651. The summed E-state index contributed by atoms with van der Waals surface area (Å²) in [5.41, 5.74) is 0.423. The Morgan fingerprint density at radius 3 is 2.55 bits per heavy atom. The van der Waals surface area contributed by atoms with Gasteiger partial charge in [-0.05, 0) is 37.6 Å². The first-order valence-corrected chi connectivity index (χ1v) is 8.99. The lowest BCUT2D eigenvalue weighted by Gasteiger charge is -2.16. The molecule has 7 nitrogen and oxygen atoms in total. The SMILES string of the molecule is Cc1nc(-c2c(F)cc(Cl)cc2-c2cnc(C(C)NC(=O)C(C)O)c(F)c2)no1. The number of pyridine rings is 1. The first-order valence-electron chi connectivity index (χ1n) is 8.61. The largest absolute Gasteiger partial charge is 0.384 e. The van der Waals surface area contributed by atoms with Crippen molar-refractivity contribution in [3.8, 4) is 22.5 Å². The summed E-state index contributed by atoms with van der Waals surface area (Å²) in [6.45, 7) is 4.38. The zero-order valence-corrected chi connectivity index (χ0v) is 16.5. The predicted octanol–water partition coefficient (Wildman–Crippen LogP) is 3.60. The van der Waals surface area contributed by atoms with E-state index in [0.29, 0.717) is 0 Å². The molecule has 10 heteroatoms. The number of halogens is 3. The molecule has 0 fully saturated rings. The number of aryl methyl sites for hydroxylation is 1. The number of amides is 1. The first kappa shape index (κ1) is 20.8. The number of carbonyl (C=O) groups is 1. The van der Waals surface area contributed by atoms with Crippen LogP contribution in [0.3, 0.4) is 0 Å². The molecule has 0 aliphatic heterocycles. The molecule has 152 valence electrons. The van der Waals surface area contributed by atoms with Gasteiger partial charge in [-0.2, -0.15) is 4.98 Å². The number of carbonyl (C=O) groups excluding carboxylic acids is 1. The van der Waals surface area contributed by atoms with Crippen molar-refractivity contribution in [2.45, 2.75) is 32.9 Å². The Hall–Kier alpha value is -2.91. The van der Waals surface area contributed by atoms with Crippen molar-refractivity contribution >= 4 is 17.5 Å². The van der Waals surface area contributed by atoms with Crippen LogP contribution in [0, 0.1) is 18.6 Å². The fourth-order valence-corrected chi connectivity index (χ4v) is 2.95. The molecule has 3 rings (SSSR count). The fraction of sp³-hybridized carbons (Fsp3) is 0.263. The van der Waals surface area contributed by atoms with Crippen LogP contribution in [0.2, 0.25) is 5.02 Å². The molecule has 2 atom stereocenters. The number of benzene rings is 1. The van der Waals surface area contributed by atoms with Crippen molar-refractivity contribution in [1.29, 1.82) is 0 Å². The Morgan fingerprint density at radius 2 is 1.97 bits per heavy atom. The summed E-state index contributed by atoms with van der Waals surface area (Å²) < 4.78 is 34.3. The molecule has 0 spiro atoms. The first-order chi connectivity index (χ1) is 13.7. The molecule has 0 radical (unpaired) electrons. The van der Waals surface area contributed by atoms with Crippen molar-refractivity contribution < 1.29 is 23.2 Å². The van der Waals surface area contributed by atoms with Crippen LogP contribution in [0.4, 0.5) is 8.78 Å². The van der Waals surface area contributed by atoms with Crippen molar-refractivity contribution in [2.75, 3.05) is 0 Å². The standard InChI is InChI=1S/C19H17ClF2N4O3/c1-8(24-19(28)9(2)27)17-15(22)4-11(7-23-17)13-5-12(20)6-14(21)16(13)18-25-10(3)29-26-18/h4-9,27H,1-3H3,(H,24,28). The van der Waals surface area contributed by atoms with Gasteiger partial charge in [0.25, 0.3) is 0 Å². The summed E-state index contributed by atoms with van der Waals surface area (Å²) in [6.07, 6.45) is 0.0838.